The first kappa shape index (κ1) is 19.4. The Hall–Kier alpha value is -3.93. The third kappa shape index (κ3) is 3.33. The number of rotatable bonds is 4. The summed E-state index contributed by atoms with van der Waals surface area (Å²) in [5, 5.41) is 4.06. The van der Waals surface area contributed by atoms with E-state index in [9.17, 15) is 14.4 Å². The second-order valence-electron chi connectivity index (χ2n) is 6.88. The minimum Gasteiger partial charge on any atom is -0.493 e. The molecular formula is C24H20N2O4. The number of fused-ring (bicyclic) bond motifs is 1. The van der Waals surface area contributed by atoms with Gasteiger partial charge in [-0.1, -0.05) is 48.5 Å². The summed E-state index contributed by atoms with van der Waals surface area (Å²) in [7, 11) is 0. The van der Waals surface area contributed by atoms with Gasteiger partial charge in [-0.2, -0.15) is 0 Å². The van der Waals surface area contributed by atoms with Crippen LogP contribution in [0.3, 0.4) is 0 Å². The van der Waals surface area contributed by atoms with Gasteiger partial charge in [0, 0.05) is 5.56 Å². The normalized spacial score (nSPS) is 15.6. The molecular weight excluding hydrogens is 380 g/mol. The van der Waals surface area contributed by atoms with Gasteiger partial charge in [0.1, 0.15) is 11.3 Å². The Bertz CT molecular complexity index is 1210. The molecule has 6 nitrogen and oxygen atoms in total. The number of aryl methyl sites for hydroxylation is 1. The number of barbiturate groups is 1. The Morgan fingerprint density at radius 3 is 2.47 bits per heavy atom. The van der Waals surface area contributed by atoms with Crippen molar-refractivity contribution in [3.05, 3.63) is 77.4 Å². The van der Waals surface area contributed by atoms with Crippen LogP contribution in [0, 0.1) is 6.92 Å². The summed E-state index contributed by atoms with van der Waals surface area (Å²) in [4.78, 5) is 39.3. The molecule has 1 saturated heterocycles. The zero-order valence-corrected chi connectivity index (χ0v) is 16.6. The number of carbonyl (C=O) groups is 3. The average Bonchev–Trinajstić information content (AvgIpc) is 2.73. The Labute approximate surface area is 173 Å². The molecule has 1 fully saturated rings. The summed E-state index contributed by atoms with van der Waals surface area (Å²) < 4.78 is 5.74. The second-order valence-corrected chi connectivity index (χ2v) is 6.88. The maximum Gasteiger partial charge on any atom is 0.335 e. The second kappa shape index (κ2) is 7.83. The Balaban J connectivity index is 1.88. The number of hydrogen-bond acceptors (Lipinski definition) is 4. The molecule has 1 aliphatic rings. The Morgan fingerprint density at radius 1 is 0.967 bits per heavy atom. The standard InChI is InChI=1S/C24H20N2O4/c1-3-30-21-13-12-16-9-5-6-10-17(16)18(21)14-19-22(27)25-24(29)26(23(19)28)20-11-7-4-8-15(20)2/h4-14H,3H2,1-2H3,(H,25,27,29)/b19-14+. The molecule has 1 heterocycles. The molecule has 0 spiro atoms. The van der Waals surface area contributed by atoms with Gasteiger partial charge in [0.2, 0.25) is 0 Å². The molecule has 1 aliphatic heterocycles. The molecule has 0 aliphatic carbocycles. The number of para-hydroxylation sites is 1. The fourth-order valence-corrected chi connectivity index (χ4v) is 3.54. The van der Waals surface area contributed by atoms with E-state index in [1.165, 1.54) is 6.08 Å². The van der Waals surface area contributed by atoms with Crippen LogP contribution in [0.1, 0.15) is 18.1 Å². The highest BCUT2D eigenvalue weighted by Crippen LogP contribution is 2.32. The maximum atomic E-state index is 13.2. The monoisotopic (exact) mass is 400 g/mol. The molecule has 0 saturated carbocycles. The highest BCUT2D eigenvalue weighted by molar-refractivity contribution is 6.39. The van der Waals surface area contributed by atoms with E-state index in [1.54, 1.807) is 25.1 Å². The van der Waals surface area contributed by atoms with Crippen molar-refractivity contribution in [2.75, 3.05) is 11.5 Å². The van der Waals surface area contributed by atoms with Crippen molar-refractivity contribution >= 4 is 40.4 Å². The molecule has 30 heavy (non-hydrogen) atoms. The average molecular weight is 400 g/mol. The van der Waals surface area contributed by atoms with Gasteiger partial charge in [0.25, 0.3) is 11.8 Å². The van der Waals surface area contributed by atoms with Crippen LogP contribution in [0.5, 0.6) is 5.75 Å². The number of imide groups is 2. The topological polar surface area (TPSA) is 75.7 Å². The fourth-order valence-electron chi connectivity index (χ4n) is 3.54. The van der Waals surface area contributed by atoms with Gasteiger partial charge < -0.3 is 4.74 Å². The lowest BCUT2D eigenvalue weighted by molar-refractivity contribution is -0.122. The lowest BCUT2D eigenvalue weighted by Gasteiger charge is -2.27. The number of urea groups is 1. The number of carbonyl (C=O) groups excluding carboxylic acids is 3. The number of ether oxygens (including phenoxy) is 1. The van der Waals surface area contributed by atoms with Crippen LogP contribution in [0.2, 0.25) is 0 Å². The van der Waals surface area contributed by atoms with Gasteiger partial charge in [0.15, 0.2) is 0 Å². The van der Waals surface area contributed by atoms with E-state index in [0.29, 0.717) is 23.6 Å². The number of benzene rings is 3. The predicted octanol–water partition coefficient (Wildman–Crippen LogP) is 4.21. The summed E-state index contributed by atoms with van der Waals surface area (Å²) >= 11 is 0. The largest absolute Gasteiger partial charge is 0.493 e. The number of anilines is 1. The van der Waals surface area contributed by atoms with E-state index in [2.05, 4.69) is 5.32 Å². The molecule has 0 atom stereocenters. The zero-order chi connectivity index (χ0) is 21.3. The third-order valence-corrected chi connectivity index (χ3v) is 4.98. The first-order valence-electron chi connectivity index (χ1n) is 9.63. The van der Waals surface area contributed by atoms with Gasteiger partial charge in [-0.15, -0.1) is 0 Å². The lowest BCUT2D eigenvalue weighted by Crippen LogP contribution is -2.54. The molecule has 0 unspecified atom stereocenters. The van der Waals surface area contributed by atoms with Crippen molar-refractivity contribution < 1.29 is 19.1 Å². The van der Waals surface area contributed by atoms with Gasteiger partial charge >= 0.3 is 6.03 Å². The molecule has 4 rings (SSSR count). The predicted molar refractivity (Wildman–Crippen MR) is 115 cm³/mol. The van der Waals surface area contributed by atoms with Gasteiger partial charge in [-0.3, -0.25) is 14.9 Å². The Morgan fingerprint density at radius 2 is 1.70 bits per heavy atom. The zero-order valence-electron chi connectivity index (χ0n) is 16.6. The number of amides is 4. The van der Waals surface area contributed by atoms with Crippen molar-refractivity contribution in [2.45, 2.75) is 13.8 Å². The summed E-state index contributed by atoms with van der Waals surface area (Å²) in [6.07, 6.45) is 1.50. The van der Waals surface area contributed by atoms with Crippen LogP contribution in [-0.2, 0) is 9.59 Å². The molecule has 0 aromatic heterocycles. The van der Waals surface area contributed by atoms with Gasteiger partial charge in [-0.25, -0.2) is 9.69 Å². The van der Waals surface area contributed by atoms with Crippen molar-refractivity contribution in [3.8, 4) is 5.75 Å². The van der Waals surface area contributed by atoms with E-state index in [4.69, 9.17) is 4.74 Å². The first-order valence-corrected chi connectivity index (χ1v) is 9.63. The first-order chi connectivity index (χ1) is 14.5. The van der Waals surface area contributed by atoms with Crippen molar-refractivity contribution in [2.24, 2.45) is 0 Å². The van der Waals surface area contributed by atoms with Gasteiger partial charge in [-0.05, 0) is 48.4 Å². The van der Waals surface area contributed by atoms with Crippen molar-refractivity contribution in [3.63, 3.8) is 0 Å². The SMILES string of the molecule is CCOc1ccc2ccccc2c1/C=C1\C(=O)NC(=O)N(c2ccccc2C)C1=O. The molecule has 0 bridgehead atoms. The fraction of sp³-hybridized carbons (Fsp3) is 0.125. The Kier molecular flexibility index (Phi) is 5.06. The maximum absolute atomic E-state index is 13.2. The van der Waals surface area contributed by atoms with Crippen LogP contribution in [0.4, 0.5) is 10.5 Å². The van der Waals surface area contributed by atoms with Crippen LogP contribution in [0.25, 0.3) is 16.8 Å². The molecule has 3 aromatic carbocycles. The third-order valence-electron chi connectivity index (χ3n) is 4.98. The molecule has 3 aromatic rings. The van der Waals surface area contributed by atoms with E-state index in [1.807, 2.05) is 49.4 Å². The highest BCUT2D eigenvalue weighted by atomic mass is 16.5. The van der Waals surface area contributed by atoms with E-state index in [0.717, 1.165) is 21.2 Å². The van der Waals surface area contributed by atoms with Crippen molar-refractivity contribution in [1.82, 2.24) is 5.32 Å². The smallest absolute Gasteiger partial charge is 0.335 e. The van der Waals surface area contributed by atoms with Crippen molar-refractivity contribution in [1.29, 1.82) is 0 Å². The summed E-state index contributed by atoms with van der Waals surface area (Å²) in [6.45, 7) is 4.10. The summed E-state index contributed by atoms with van der Waals surface area (Å²) in [5.74, 6) is -0.845. The highest BCUT2D eigenvalue weighted by Gasteiger charge is 2.37. The number of hydrogen-bond donors (Lipinski definition) is 1. The molecule has 4 amide bonds. The van der Waals surface area contributed by atoms with E-state index in [-0.39, 0.29) is 5.57 Å². The molecule has 0 radical (unpaired) electrons. The molecule has 6 heteroatoms. The molecule has 150 valence electrons. The lowest BCUT2D eigenvalue weighted by atomic mass is 9.99. The van der Waals surface area contributed by atoms with Crippen LogP contribution >= 0.6 is 0 Å². The van der Waals surface area contributed by atoms with Crippen LogP contribution in [-0.4, -0.2) is 24.5 Å². The number of nitrogens with one attached hydrogen (secondary N) is 1. The minimum atomic E-state index is -0.764. The summed E-state index contributed by atoms with van der Waals surface area (Å²) in [6, 6.07) is 17.6. The summed E-state index contributed by atoms with van der Waals surface area (Å²) in [5.41, 5.74) is 1.67. The molecule has 1 N–H and O–H groups in total. The van der Waals surface area contributed by atoms with E-state index >= 15 is 0 Å². The quantitative estimate of drug-likeness (QED) is 0.526. The number of nitrogens with zero attached hydrogens (tertiary/aromatic N) is 1. The van der Waals surface area contributed by atoms with E-state index < -0.39 is 17.8 Å². The van der Waals surface area contributed by atoms with Gasteiger partial charge in [0.05, 0.1) is 12.3 Å². The van der Waals surface area contributed by atoms with Crippen LogP contribution < -0.4 is 15.0 Å². The van der Waals surface area contributed by atoms with Crippen LogP contribution in [0.15, 0.2) is 66.2 Å². The minimum absolute atomic E-state index is 0.129.